The second-order valence-electron chi connectivity index (χ2n) is 17.0. The molecule has 3 unspecified atom stereocenters. The predicted octanol–water partition coefficient (Wildman–Crippen LogP) is 13.1. The Hall–Kier alpha value is -1.52. The lowest BCUT2D eigenvalue weighted by atomic mass is 10.0. The van der Waals surface area contributed by atoms with E-state index in [4.69, 9.17) is 13.8 Å². The van der Waals surface area contributed by atoms with E-state index in [2.05, 4.69) is 19.2 Å². The van der Waals surface area contributed by atoms with E-state index in [1.165, 1.54) is 173 Å². The Kier molecular flexibility index (Phi) is 42.0. The molecule has 12 heteroatoms. The van der Waals surface area contributed by atoms with Gasteiger partial charge in [-0.15, -0.1) is 0 Å². The van der Waals surface area contributed by atoms with Crippen molar-refractivity contribution in [3.05, 3.63) is 0 Å². The minimum Gasteiger partial charge on any atom is -0.480 e. The first-order chi connectivity index (χ1) is 28.6. The third-order valence-electron chi connectivity index (χ3n) is 11.1. The van der Waals surface area contributed by atoms with Gasteiger partial charge in [-0.05, 0) is 12.8 Å². The number of unbranched alkanes of at least 4 members (excludes halogenated alkanes) is 33. The van der Waals surface area contributed by atoms with Crippen molar-refractivity contribution in [1.29, 1.82) is 0 Å². The van der Waals surface area contributed by atoms with Gasteiger partial charge >= 0.3 is 19.8 Å². The second-order valence-corrected chi connectivity index (χ2v) is 18.5. The number of carbonyl (C=O) groups excluding carboxylic acids is 2. The summed E-state index contributed by atoms with van der Waals surface area (Å²) in [6.07, 6.45) is 42.6. The molecule has 0 spiro atoms. The molecule has 0 aliphatic carbocycles. The van der Waals surface area contributed by atoms with Crippen LogP contribution in [0.4, 0.5) is 0 Å². The average Bonchev–Trinajstić information content (AvgIpc) is 3.21. The quantitative estimate of drug-likeness (QED) is 0.0262. The van der Waals surface area contributed by atoms with Crippen LogP contribution in [0.25, 0.3) is 0 Å². The number of aliphatic carboxylic acids is 1. The first kappa shape index (κ1) is 57.5. The number of carboxylic acids is 1. The van der Waals surface area contributed by atoms with Gasteiger partial charge in [-0.2, -0.15) is 0 Å². The number of carboxylic acid groups (broad SMARTS) is 1. The van der Waals surface area contributed by atoms with E-state index in [0.29, 0.717) is 12.8 Å². The van der Waals surface area contributed by atoms with Gasteiger partial charge in [-0.25, -0.2) is 9.36 Å². The summed E-state index contributed by atoms with van der Waals surface area (Å²) in [4.78, 5) is 46.0. The standard InChI is InChI=1S/C47H92NO10P/c1-3-5-7-9-11-13-15-17-19-20-21-22-23-25-26-28-30-32-34-36-38-45(50)48-44(47(52)53)42-58-59(54,55)57-41-43(49)40-56-46(51)39-37-35-33-31-29-27-24-18-16-14-12-10-8-6-4-2/h43-44,49H,3-42H2,1-2H3,(H,48,50)(H,52,53)(H,54,55). The number of aliphatic hydroxyl groups excluding tert-OH is 1. The van der Waals surface area contributed by atoms with Crippen molar-refractivity contribution in [2.75, 3.05) is 19.8 Å². The van der Waals surface area contributed by atoms with Crippen LogP contribution < -0.4 is 5.32 Å². The molecule has 0 saturated carbocycles. The number of phosphoric ester groups is 1. The molecule has 0 bridgehead atoms. The molecule has 0 fully saturated rings. The van der Waals surface area contributed by atoms with E-state index in [0.717, 1.165) is 38.5 Å². The Morgan fingerprint density at radius 1 is 0.475 bits per heavy atom. The molecule has 0 aromatic rings. The van der Waals surface area contributed by atoms with Crippen molar-refractivity contribution in [2.45, 2.75) is 264 Å². The van der Waals surface area contributed by atoms with Gasteiger partial charge in [0, 0.05) is 12.8 Å². The lowest BCUT2D eigenvalue weighted by Gasteiger charge is -2.18. The van der Waals surface area contributed by atoms with E-state index in [1.807, 2.05) is 0 Å². The highest BCUT2D eigenvalue weighted by Gasteiger charge is 2.28. The Balaban J connectivity index is 3.81. The number of carbonyl (C=O) groups is 3. The number of aliphatic hydroxyl groups is 1. The predicted molar refractivity (Wildman–Crippen MR) is 240 cm³/mol. The first-order valence-corrected chi connectivity index (χ1v) is 26.1. The molecule has 0 heterocycles. The molecule has 4 N–H and O–H groups in total. The number of hydrogen-bond acceptors (Lipinski definition) is 8. The van der Waals surface area contributed by atoms with Crippen LogP contribution in [0.2, 0.25) is 0 Å². The van der Waals surface area contributed by atoms with Crippen LogP contribution in [-0.4, -0.2) is 64.9 Å². The maximum absolute atomic E-state index is 12.3. The van der Waals surface area contributed by atoms with Gasteiger partial charge in [0.2, 0.25) is 5.91 Å². The van der Waals surface area contributed by atoms with Gasteiger partial charge in [0.1, 0.15) is 12.7 Å². The third kappa shape index (κ3) is 42.9. The van der Waals surface area contributed by atoms with Gasteiger partial charge in [0.15, 0.2) is 6.04 Å². The van der Waals surface area contributed by atoms with E-state index in [9.17, 15) is 34.1 Å². The maximum atomic E-state index is 12.3. The monoisotopic (exact) mass is 862 g/mol. The fraction of sp³-hybridized carbons (Fsp3) is 0.936. The van der Waals surface area contributed by atoms with E-state index in [-0.39, 0.29) is 12.8 Å². The van der Waals surface area contributed by atoms with Crippen molar-refractivity contribution < 1.29 is 47.8 Å². The van der Waals surface area contributed by atoms with Crippen molar-refractivity contribution in [2.24, 2.45) is 0 Å². The van der Waals surface area contributed by atoms with Gasteiger partial charge in [-0.3, -0.25) is 18.6 Å². The molecule has 0 aromatic heterocycles. The Morgan fingerprint density at radius 2 is 0.780 bits per heavy atom. The number of amides is 1. The molecule has 0 aliphatic rings. The number of ether oxygens (including phenoxy) is 1. The summed E-state index contributed by atoms with van der Waals surface area (Å²) >= 11 is 0. The molecule has 1 amide bonds. The van der Waals surface area contributed by atoms with E-state index in [1.54, 1.807) is 0 Å². The number of hydrogen-bond donors (Lipinski definition) is 4. The normalized spacial score (nSPS) is 13.6. The largest absolute Gasteiger partial charge is 0.480 e. The second kappa shape index (κ2) is 43.1. The average molecular weight is 862 g/mol. The van der Waals surface area contributed by atoms with Crippen LogP contribution in [0.3, 0.4) is 0 Å². The van der Waals surface area contributed by atoms with E-state index < -0.39 is 57.6 Å². The van der Waals surface area contributed by atoms with Gasteiger partial charge in [-0.1, -0.05) is 226 Å². The zero-order valence-corrected chi connectivity index (χ0v) is 39.0. The van der Waals surface area contributed by atoms with Crippen molar-refractivity contribution >= 4 is 25.7 Å². The fourth-order valence-corrected chi connectivity index (χ4v) is 8.09. The van der Waals surface area contributed by atoms with Gasteiger partial charge in [0.05, 0.1) is 13.2 Å². The Labute approximate surface area is 361 Å². The summed E-state index contributed by atoms with van der Waals surface area (Å²) in [5, 5.41) is 21.9. The SMILES string of the molecule is CCCCCCCCCCCCCCCCCCCCCCC(=O)NC(COP(=O)(O)OCC(O)COC(=O)CCCCCCCCCCCCCCCCC)C(=O)O. The molecule has 11 nitrogen and oxygen atoms in total. The topological polar surface area (TPSA) is 169 Å². The molecule has 3 atom stereocenters. The molecule has 0 saturated heterocycles. The molecule has 0 aromatic carbocycles. The van der Waals surface area contributed by atoms with Crippen molar-refractivity contribution in [3.63, 3.8) is 0 Å². The van der Waals surface area contributed by atoms with Crippen LogP contribution in [0.15, 0.2) is 0 Å². The third-order valence-corrected chi connectivity index (χ3v) is 12.1. The highest BCUT2D eigenvalue weighted by Crippen LogP contribution is 2.43. The molecular weight excluding hydrogens is 769 g/mol. The fourth-order valence-electron chi connectivity index (χ4n) is 7.32. The van der Waals surface area contributed by atoms with Crippen LogP contribution in [0.5, 0.6) is 0 Å². The van der Waals surface area contributed by atoms with Gasteiger partial charge in [0.25, 0.3) is 0 Å². The zero-order valence-electron chi connectivity index (χ0n) is 38.1. The number of nitrogens with one attached hydrogen (secondary N) is 1. The molecule has 0 rings (SSSR count). The van der Waals surface area contributed by atoms with Crippen LogP contribution in [0, 0.1) is 0 Å². The minimum atomic E-state index is -4.75. The molecule has 0 aliphatic heterocycles. The summed E-state index contributed by atoms with van der Waals surface area (Å²) < 4.78 is 26.9. The summed E-state index contributed by atoms with van der Waals surface area (Å²) in [5.41, 5.74) is 0. The molecule has 59 heavy (non-hydrogen) atoms. The smallest absolute Gasteiger partial charge is 0.472 e. The summed E-state index contributed by atoms with van der Waals surface area (Å²) in [6, 6.07) is -1.54. The van der Waals surface area contributed by atoms with Crippen LogP contribution in [-0.2, 0) is 32.7 Å². The Bertz CT molecular complexity index is 1020. The maximum Gasteiger partial charge on any atom is 0.472 e. The molecule has 0 radical (unpaired) electrons. The summed E-state index contributed by atoms with van der Waals surface area (Å²) in [6.45, 7) is 2.64. The number of esters is 1. The number of rotatable bonds is 47. The van der Waals surface area contributed by atoms with Crippen LogP contribution in [0.1, 0.15) is 251 Å². The Morgan fingerprint density at radius 3 is 1.12 bits per heavy atom. The van der Waals surface area contributed by atoms with E-state index >= 15 is 0 Å². The number of phosphoric acid groups is 1. The summed E-state index contributed by atoms with van der Waals surface area (Å²) in [5.74, 6) is -2.35. The van der Waals surface area contributed by atoms with Crippen molar-refractivity contribution in [3.8, 4) is 0 Å². The molecular formula is C47H92NO10P. The highest BCUT2D eigenvalue weighted by molar-refractivity contribution is 7.47. The van der Waals surface area contributed by atoms with Crippen molar-refractivity contribution in [1.82, 2.24) is 5.32 Å². The highest BCUT2D eigenvalue weighted by atomic mass is 31.2. The zero-order chi connectivity index (χ0) is 43.5. The molecule has 350 valence electrons. The van der Waals surface area contributed by atoms with Crippen LogP contribution >= 0.6 is 7.82 Å². The lowest BCUT2D eigenvalue weighted by Crippen LogP contribution is -2.43. The van der Waals surface area contributed by atoms with Gasteiger partial charge < -0.3 is 25.2 Å². The summed E-state index contributed by atoms with van der Waals surface area (Å²) in [7, 11) is -4.75. The first-order valence-electron chi connectivity index (χ1n) is 24.6. The lowest BCUT2D eigenvalue weighted by molar-refractivity contribution is -0.147. The minimum absolute atomic E-state index is 0.153.